The molecule has 7 heteroatoms. The molecule has 0 N–H and O–H groups in total. The molecule has 2 aromatic rings. The van der Waals surface area contributed by atoms with Gasteiger partial charge in [0, 0.05) is 25.6 Å². The zero-order valence-corrected chi connectivity index (χ0v) is 14.7. The number of amides is 1. The number of nitrogens with zero attached hydrogens (tertiary/aromatic N) is 2. The van der Waals surface area contributed by atoms with E-state index in [9.17, 15) is 9.59 Å². The Morgan fingerprint density at radius 2 is 2.35 bits per heavy atom. The first kappa shape index (κ1) is 16.3. The van der Waals surface area contributed by atoms with Crippen molar-refractivity contribution in [2.75, 3.05) is 23.8 Å². The van der Waals surface area contributed by atoms with Crippen molar-refractivity contribution in [3.63, 3.8) is 0 Å². The van der Waals surface area contributed by atoms with Crippen LogP contribution in [0.2, 0.25) is 0 Å². The Morgan fingerprint density at radius 3 is 3.09 bits per heavy atom. The zero-order chi connectivity index (χ0) is 16.4. The largest absolute Gasteiger partial charge is 0.494 e. The number of rotatable bonds is 5. The van der Waals surface area contributed by atoms with E-state index in [4.69, 9.17) is 4.74 Å². The average molecular weight is 350 g/mol. The van der Waals surface area contributed by atoms with Crippen molar-refractivity contribution in [2.45, 2.75) is 20.3 Å². The molecule has 5 nitrogen and oxygen atoms in total. The summed E-state index contributed by atoms with van der Waals surface area (Å²) in [4.78, 5) is 29.6. The fraction of sp³-hybridized carbons (Fsp3) is 0.438. The van der Waals surface area contributed by atoms with E-state index in [0.29, 0.717) is 25.3 Å². The summed E-state index contributed by atoms with van der Waals surface area (Å²) >= 11 is 2.79. The number of fused-ring (bicyclic) bond motifs is 1. The lowest BCUT2D eigenvalue weighted by atomic mass is 10.1. The lowest BCUT2D eigenvalue weighted by Crippen LogP contribution is -2.24. The fourth-order valence-corrected chi connectivity index (χ4v) is 4.29. The van der Waals surface area contributed by atoms with Crippen molar-refractivity contribution in [1.82, 2.24) is 4.98 Å². The van der Waals surface area contributed by atoms with Gasteiger partial charge in [0.05, 0.1) is 16.8 Å². The summed E-state index contributed by atoms with van der Waals surface area (Å²) in [5.74, 6) is 1.81. The summed E-state index contributed by atoms with van der Waals surface area (Å²) in [6, 6.07) is 5.78. The number of hydrogen-bond donors (Lipinski definition) is 0. The molecule has 122 valence electrons. The smallest absolute Gasteiger partial charge is 0.229 e. The molecule has 1 aliphatic rings. The van der Waals surface area contributed by atoms with Crippen molar-refractivity contribution in [3.8, 4) is 5.75 Å². The van der Waals surface area contributed by atoms with Gasteiger partial charge in [0.25, 0.3) is 0 Å². The van der Waals surface area contributed by atoms with Gasteiger partial charge in [-0.3, -0.25) is 14.5 Å². The van der Waals surface area contributed by atoms with Crippen LogP contribution in [-0.4, -0.2) is 34.9 Å². The maximum absolute atomic E-state index is 12.2. The van der Waals surface area contributed by atoms with Crippen molar-refractivity contribution in [3.05, 3.63) is 18.2 Å². The number of anilines is 1. The molecule has 1 aromatic heterocycles. The van der Waals surface area contributed by atoms with Crippen molar-refractivity contribution < 1.29 is 14.3 Å². The SMILES string of the molecule is CCOc1ccc2nc(N3CC(CSC(C)=O)CC3=O)sc2c1. The Balaban J connectivity index is 1.77. The molecule has 3 rings (SSSR count). The van der Waals surface area contributed by atoms with Gasteiger partial charge in [-0.2, -0.15) is 0 Å². The first-order valence-corrected chi connectivity index (χ1v) is 9.34. The van der Waals surface area contributed by atoms with E-state index >= 15 is 0 Å². The van der Waals surface area contributed by atoms with E-state index in [-0.39, 0.29) is 16.9 Å². The van der Waals surface area contributed by atoms with Crippen LogP contribution in [0.5, 0.6) is 5.75 Å². The van der Waals surface area contributed by atoms with Crippen LogP contribution >= 0.6 is 23.1 Å². The van der Waals surface area contributed by atoms with Gasteiger partial charge in [-0.05, 0) is 31.0 Å². The second-order valence-corrected chi connectivity index (χ2v) is 7.64. The highest BCUT2D eigenvalue weighted by Gasteiger charge is 2.32. The van der Waals surface area contributed by atoms with Crippen LogP contribution in [0, 0.1) is 5.92 Å². The van der Waals surface area contributed by atoms with Crippen LogP contribution in [0.4, 0.5) is 5.13 Å². The maximum atomic E-state index is 12.2. The minimum Gasteiger partial charge on any atom is -0.494 e. The van der Waals surface area contributed by atoms with E-state index in [0.717, 1.165) is 21.1 Å². The zero-order valence-electron chi connectivity index (χ0n) is 13.1. The summed E-state index contributed by atoms with van der Waals surface area (Å²) in [5.41, 5.74) is 0.878. The molecule has 1 aromatic carbocycles. The molecule has 1 unspecified atom stereocenters. The van der Waals surface area contributed by atoms with Crippen LogP contribution in [0.1, 0.15) is 20.3 Å². The molecule has 0 bridgehead atoms. The van der Waals surface area contributed by atoms with E-state index in [2.05, 4.69) is 4.98 Å². The first-order valence-electron chi connectivity index (χ1n) is 7.54. The Morgan fingerprint density at radius 1 is 1.52 bits per heavy atom. The number of thioether (sulfide) groups is 1. The lowest BCUT2D eigenvalue weighted by molar-refractivity contribution is -0.117. The van der Waals surface area contributed by atoms with Crippen molar-refractivity contribution in [2.24, 2.45) is 5.92 Å². The molecular weight excluding hydrogens is 332 g/mol. The second kappa shape index (κ2) is 6.88. The number of thiazole rings is 1. The van der Waals surface area contributed by atoms with Crippen molar-refractivity contribution >= 4 is 49.5 Å². The van der Waals surface area contributed by atoms with Crippen LogP contribution in [-0.2, 0) is 9.59 Å². The molecule has 1 aliphatic heterocycles. The van der Waals surface area contributed by atoms with Gasteiger partial charge in [0.1, 0.15) is 5.75 Å². The number of benzene rings is 1. The van der Waals surface area contributed by atoms with Crippen LogP contribution in [0.3, 0.4) is 0 Å². The molecule has 1 fully saturated rings. The van der Waals surface area contributed by atoms with Gasteiger partial charge in [-0.25, -0.2) is 4.98 Å². The molecule has 23 heavy (non-hydrogen) atoms. The van der Waals surface area contributed by atoms with Gasteiger partial charge in [-0.15, -0.1) is 0 Å². The molecular formula is C16H18N2O3S2. The Bertz CT molecular complexity index is 744. The number of carbonyl (C=O) groups excluding carboxylic acids is 2. The highest BCUT2D eigenvalue weighted by molar-refractivity contribution is 8.13. The van der Waals surface area contributed by atoms with Crippen molar-refractivity contribution in [1.29, 1.82) is 0 Å². The molecule has 1 amide bonds. The van der Waals surface area contributed by atoms with E-state index in [1.165, 1.54) is 23.1 Å². The van der Waals surface area contributed by atoms with Gasteiger partial charge in [0.2, 0.25) is 5.91 Å². The van der Waals surface area contributed by atoms with Crippen LogP contribution < -0.4 is 9.64 Å². The molecule has 1 saturated heterocycles. The maximum Gasteiger partial charge on any atom is 0.229 e. The number of carbonyl (C=O) groups is 2. The summed E-state index contributed by atoms with van der Waals surface area (Å²) < 4.78 is 6.52. The van der Waals surface area contributed by atoms with Gasteiger partial charge in [0.15, 0.2) is 10.2 Å². The molecule has 0 radical (unpaired) electrons. The fourth-order valence-electron chi connectivity index (χ4n) is 2.58. The third-order valence-corrected chi connectivity index (χ3v) is 5.70. The topological polar surface area (TPSA) is 59.5 Å². The summed E-state index contributed by atoms with van der Waals surface area (Å²) in [7, 11) is 0. The van der Waals surface area contributed by atoms with Crippen LogP contribution in [0.25, 0.3) is 10.2 Å². The number of hydrogen-bond acceptors (Lipinski definition) is 6. The molecule has 1 atom stereocenters. The van der Waals surface area contributed by atoms with E-state index < -0.39 is 0 Å². The molecule has 0 aliphatic carbocycles. The van der Waals surface area contributed by atoms with Gasteiger partial charge < -0.3 is 4.74 Å². The Hall–Kier alpha value is -1.60. The van der Waals surface area contributed by atoms with Gasteiger partial charge in [-0.1, -0.05) is 23.1 Å². The highest BCUT2D eigenvalue weighted by atomic mass is 32.2. The number of ether oxygens (including phenoxy) is 1. The molecule has 2 heterocycles. The minimum absolute atomic E-state index is 0.0863. The summed E-state index contributed by atoms with van der Waals surface area (Å²) in [5, 5.41) is 0.827. The van der Waals surface area contributed by atoms with E-state index in [1.807, 2.05) is 25.1 Å². The third-order valence-electron chi connectivity index (χ3n) is 3.62. The first-order chi connectivity index (χ1) is 11.1. The second-order valence-electron chi connectivity index (χ2n) is 5.44. The normalized spacial score (nSPS) is 17.9. The van der Waals surface area contributed by atoms with E-state index in [1.54, 1.807) is 11.8 Å². The third kappa shape index (κ3) is 3.67. The predicted octanol–water partition coefficient (Wildman–Crippen LogP) is 3.33. The van der Waals surface area contributed by atoms with Crippen LogP contribution in [0.15, 0.2) is 18.2 Å². The summed E-state index contributed by atoms with van der Waals surface area (Å²) in [6.45, 7) is 4.77. The molecule has 0 saturated carbocycles. The standard InChI is InChI=1S/C16H18N2O3S2/c1-3-21-12-4-5-13-14(7-12)23-16(17-13)18-8-11(6-15(18)20)9-22-10(2)19/h4-5,7,11H,3,6,8-9H2,1-2H3. The number of aromatic nitrogens is 1. The quantitative estimate of drug-likeness (QED) is 0.828. The summed E-state index contributed by atoms with van der Waals surface area (Å²) in [6.07, 6.45) is 0.487. The Labute approximate surface area is 143 Å². The predicted molar refractivity (Wildman–Crippen MR) is 94.4 cm³/mol. The Kier molecular flexibility index (Phi) is 4.87. The minimum atomic E-state index is 0.0863. The molecule has 0 spiro atoms. The highest BCUT2D eigenvalue weighted by Crippen LogP contribution is 2.35. The average Bonchev–Trinajstić information content (AvgIpc) is 3.08. The van der Waals surface area contributed by atoms with Gasteiger partial charge >= 0.3 is 0 Å². The lowest BCUT2D eigenvalue weighted by Gasteiger charge is -2.12. The monoisotopic (exact) mass is 350 g/mol.